The molecule has 0 bridgehead atoms. The number of thioether (sulfide) groups is 1. The normalized spacial score (nSPS) is 11.7. The number of nitrogens with one attached hydrogen (secondary N) is 1. The predicted molar refractivity (Wildman–Crippen MR) is 57.1 cm³/mol. The molecule has 0 unspecified atom stereocenters. The number of aromatic nitrogens is 3. The third-order valence-electron chi connectivity index (χ3n) is 1.96. The van der Waals surface area contributed by atoms with Gasteiger partial charge in [0.2, 0.25) is 0 Å². The third kappa shape index (κ3) is 2.91. The molecule has 0 aliphatic heterocycles. The van der Waals surface area contributed by atoms with Gasteiger partial charge >= 0.3 is 0 Å². The van der Waals surface area contributed by atoms with E-state index in [9.17, 15) is 0 Å². The van der Waals surface area contributed by atoms with E-state index < -0.39 is 0 Å². The van der Waals surface area contributed by atoms with Crippen molar-refractivity contribution in [2.45, 2.75) is 18.6 Å². The highest BCUT2D eigenvalue weighted by Crippen LogP contribution is 2.21. The number of anilines is 1. The molecular formula is C8H16N4S. The average Bonchev–Trinajstić information content (AvgIpc) is 2.48. The SMILES string of the molecule is CSC(C)(C)CNc1cnnn1C. The molecule has 0 saturated heterocycles. The maximum atomic E-state index is 3.84. The molecule has 74 valence electrons. The number of nitrogens with zero attached hydrogens (tertiary/aromatic N) is 3. The highest BCUT2D eigenvalue weighted by atomic mass is 32.2. The molecule has 4 nitrogen and oxygen atoms in total. The minimum atomic E-state index is 0.240. The monoisotopic (exact) mass is 200 g/mol. The van der Waals surface area contributed by atoms with Crippen molar-refractivity contribution in [3.05, 3.63) is 6.20 Å². The Morgan fingerprint density at radius 2 is 2.31 bits per heavy atom. The Bertz CT molecular complexity index is 269. The van der Waals surface area contributed by atoms with Crippen molar-refractivity contribution in [3.8, 4) is 0 Å². The summed E-state index contributed by atoms with van der Waals surface area (Å²) in [4.78, 5) is 0. The van der Waals surface area contributed by atoms with Crippen LogP contribution in [0.25, 0.3) is 0 Å². The van der Waals surface area contributed by atoms with E-state index >= 15 is 0 Å². The Hall–Kier alpha value is -0.710. The van der Waals surface area contributed by atoms with Crippen LogP contribution in [0.3, 0.4) is 0 Å². The van der Waals surface area contributed by atoms with Crippen LogP contribution in [-0.4, -0.2) is 32.5 Å². The van der Waals surface area contributed by atoms with Gasteiger partial charge in [0.25, 0.3) is 0 Å². The maximum absolute atomic E-state index is 3.84. The van der Waals surface area contributed by atoms with Crippen LogP contribution in [0.2, 0.25) is 0 Å². The molecule has 5 heteroatoms. The molecule has 0 amide bonds. The highest BCUT2D eigenvalue weighted by molar-refractivity contribution is 7.99. The first-order chi connectivity index (χ1) is 6.05. The van der Waals surface area contributed by atoms with Gasteiger partial charge in [-0.2, -0.15) is 11.8 Å². The van der Waals surface area contributed by atoms with Gasteiger partial charge in [0.15, 0.2) is 0 Å². The Balaban J connectivity index is 2.48. The van der Waals surface area contributed by atoms with Crippen molar-refractivity contribution >= 4 is 17.6 Å². The molecule has 1 aromatic heterocycles. The van der Waals surface area contributed by atoms with Crippen LogP contribution < -0.4 is 5.32 Å². The smallest absolute Gasteiger partial charge is 0.144 e. The van der Waals surface area contributed by atoms with E-state index in [1.54, 1.807) is 10.9 Å². The standard InChI is InChI=1S/C8H16N4S/c1-8(2,13-4)6-9-7-5-10-11-12(7)3/h5,9H,6H2,1-4H3. The molecule has 0 radical (unpaired) electrons. The van der Waals surface area contributed by atoms with E-state index in [4.69, 9.17) is 0 Å². The van der Waals surface area contributed by atoms with Crippen LogP contribution in [0.15, 0.2) is 6.20 Å². The molecule has 0 atom stereocenters. The lowest BCUT2D eigenvalue weighted by Crippen LogP contribution is -2.26. The second-order valence-corrected chi connectivity index (χ2v) is 5.07. The second kappa shape index (κ2) is 4.00. The van der Waals surface area contributed by atoms with Crippen LogP contribution in [0.5, 0.6) is 0 Å². The average molecular weight is 200 g/mol. The van der Waals surface area contributed by atoms with Crippen molar-refractivity contribution in [1.29, 1.82) is 0 Å². The molecule has 0 spiro atoms. The van der Waals surface area contributed by atoms with Gasteiger partial charge in [-0.05, 0) is 20.1 Å². The minimum Gasteiger partial charge on any atom is -0.368 e. The Kier molecular flexibility index (Phi) is 3.19. The summed E-state index contributed by atoms with van der Waals surface area (Å²) in [7, 11) is 1.88. The van der Waals surface area contributed by atoms with Crippen molar-refractivity contribution in [2.24, 2.45) is 7.05 Å². The van der Waals surface area contributed by atoms with Crippen LogP contribution in [0, 0.1) is 0 Å². The van der Waals surface area contributed by atoms with Gasteiger partial charge in [0.1, 0.15) is 5.82 Å². The van der Waals surface area contributed by atoms with Gasteiger partial charge in [-0.3, -0.25) is 0 Å². The summed E-state index contributed by atoms with van der Waals surface area (Å²) >= 11 is 1.84. The summed E-state index contributed by atoms with van der Waals surface area (Å²) in [5, 5.41) is 10.9. The lowest BCUT2D eigenvalue weighted by Gasteiger charge is -2.22. The topological polar surface area (TPSA) is 42.7 Å². The molecule has 0 aliphatic rings. The molecule has 1 heterocycles. The zero-order chi connectivity index (χ0) is 9.90. The van der Waals surface area contributed by atoms with E-state index in [0.717, 1.165) is 12.4 Å². The maximum Gasteiger partial charge on any atom is 0.144 e. The molecule has 13 heavy (non-hydrogen) atoms. The number of hydrogen-bond donors (Lipinski definition) is 1. The molecule has 1 aromatic rings. The van der Waals surface area contributed by atoms with E-state index in [1.165, 1.54) is 0 Å². The fourth-order valence-electron chi connectivity index (χ4n) is 0.825. The van der Waals surface area contributed by atoms with Crippen LogP contribution in [0.1, 0.15) is 13.8 Å². The highest BCUT2D eigenvalue weighted by Gasteiger charge is 2.15. The number of hydrogen-bond acceptors (Lipinski definition) is 4. The number of rotatable bonds is 4. The van der Waals surface area contributed by atoms with Gasteiger partial charge in [-0.15, -0.1) is 5.10 Å². The largest absolute Gasteiger partial charge is 0.368 e. The summed E-state index contributed by atoms with van der Waals surface area (Å²) in [6, 6.07) is 0. The van der Waals surface area contributed by atoms with Crippen LogP contribution in [-0.2, 0) is 7.05 Å². The van der Waals surface area contributed by atoms with Gasteiger partial charge in [0, 0.05) is 18.3 Å². The molecule has 1 N–H and O–H groups in total. The van der Waals surface area contributed by atoms with E-state index in [0.29, 0.717) is 0 Å². The summed E-state index contributed by atoms with van der Waals surface area (Å²) < 4.78 is 1.97. The lowest BCUT2D eigenvalue weighted by atomic mass is 10.2. The summed E-state index contributed by atoms with van der Waals surface area (Å²) in [5.41, 5.74) is 0. The molecule has 0 fully saturated rings. The summed E-state index contributed by atoms with van der Waals surface area (Å²) in [6.45, 7) is 5.32. The zero-order valence-corrected chi connectivity index (χ0v) is 9.35. The van der Waals surface area contributed by atoms with Gasteiger partial charge in [-0.25, -0.2) is 4.68 Å². The van der Waals surface area contributed by atoms with Crippen LogP contribution in [0.4, 0.5) is 5.82 Å². The third-order valence-corrected chi connectivity index (χ3v) is 3.21. The lowest BCUT2D eigenvalue weighted by molar-refractivity contribution is 0.701. The Labute approximate surface area is 83.1 Å². The van der Waals surface area contributed by atoms with Crippen molar-refractivity contribution in [2.75, 3.05) is 18.1 Å². The molecule has 0 aromatic carbocycles. The number of aryl methyl sites for hydroxylation is 1. The van der Waals surface area contributed by atoms with E-state index in [2.05, 4.69) is 35.7 Å². The molecular weight excluding hydrogens is 184 g/mol. The first-order valence-electron chi connectivity index (χ1n) is 4.19. The fraction of sp³-hybridized carbons (Fsp3) is 0.750. The molecule has 0 saturated carbocycles. The van der Waals surface area contributed by atoms with Crippen LogP contribution >= 0.6 is 11.8 Å². The summed E-state index contributed by atoms with van der Waals surface area (Å²) in [6.07, 6.45) is 3.85. The molecule has 0 aliphatic carbocycles. The summed E-state index contributed by atoms with van der Waals surface area (Å²) in [5.74, 6) is 0.960. The van der Waals surface area contributed by atoms with Crippen molar-refractivity contribution in [3.63, 3.8) is 0 Å². The quantitative estimate of drug-likeness (QED) is 0.797. The van der Waals surface area contributed by atoms with Gasteiger partial charge < -0.3 is 5.32 Å². The van der Waals surface area contributed by atoms with Gasteiger partial charge in [0.05, 0.1) is 6.20 Å². The first-order valence-corrected chi connectivity index (χ1v) is 5.41. The fourth-order valence-corrected chi connectivity index (χ4v) is 1.04. The first kappa shape index (κ1) is 10.4. The van der Waals surface area contributed by atoms with Crippen molar-refractivity contribution < 1.29 is 0 Å². The van der Waals surface area contributed by atoms with E-state index in [1.807, 2.05) is 18.8 Å². The van der Waals surface area contributed by atoms with E-state index in [-0.39, 0.29) is 4.75 Å². The second-order valence-electron chi connectivity index (χ2n) is 3.56. The van der Waals surface area contributed by atoms with Gasteiger partial charge in [-0.1, -0.05) is 5.21 Å². The Morgan fingerprint density at radius 3 is 2.77 bits per heavy atom. The zero-order valence-electron chi connectivity index (χ0n) is 8.53. The Morgan fingerprint density at radius 1 is 1.62 bits per heavy atom. The molecule has 1 rings (SSSR count). The minimum absolute atomic E-state index is 0.240. The van der Waals surface area contributed by atoms with Crippen molar-refractivity contribution in [1.82, 2.24) is 15.0 Å². The predicted octanol–water partition coefficient (Wildman–Crippen LogP) is 1.37.